The number of nitrogens with two attached hydrogens (primary N) is 1. The first-order valence-electron chi connectivity index (χ1n) is 6.70. The second kappa shape index (κ2) is 7.24. The summed E-state index contributed by atoms with van der Waals surface area (Å²) in [5, 5.41) is 2.93. The summed E-state index contributed by atoms with van der Waals surface area (Å²) in [5.74, 6) is -0.0433. The maximum Gasteiger partial charge on any atom is 0.224 e. The van der Waals surface area contributed by atoms with Gasteiger partial charge in [-0.3, -0.25) is 4.79 Å². The maximum atomic E-state index is 12.8. The highest BCUT2D eigenvalue weighted by Crippen LogP contribution is 2.16. The Morgan fingerprint density at radius 1 is 1.26 bits per heavy atom. The normalized spacial score (nSPS) is 14.2. The Balaban J connectivity index is 2.62. The molecule has 0 saturated heterocycles. The van der Waals surface area contributed by atoms with Gasteiger partial charge in [0.1, 0.15) is 5.82 Å². The van der Waals surface area contributed by atoms with Crippen LogP contribution in [0, 0.1) is 17.7 Å². The molecule has 0 aliphatic rings. The second-order valence-corrected chi connectivity index (χ2v) is 5.34. The van der Waals surface area contributed by atoms with E-state index in [1.54, 1.807) is 12.1 Å². The molecule has 1 rings (SSSR count). The van der Waals surface area contributed by atoms with Crippen LogP contribution in [0.5, 0.6) is 0 Å². The number of nitrogens with one attached hydrogen (secondary N) is 1. The first-order chi connectivity index (χ1) is 8.93. The number of benzene rings is 1. The summed E-state index contributed by atoms with van der Waals surface area (Å²) < 4.78 is 12.8. The van der Waals surface area contributed by atoms with E-state index in [0.717, 1.165) is 12.0 Å². The molecule has 106 valence electrons. The second-order valence-electron chi connectivity index (χ2n) is 5.34. The number of hydrogen-bond donors (Lipinski definition) is 2. The van der Waals surface area contributed by atoms with Crippen LogP contribution in [-0.4, -0.2) is 12.5 Å². The Hall–Kier alpha value is -1.42. The van der Waals surface area contributed by atoms with E-state index >= 15 is 0 Å². The summed E-state index contributed by atoms with van der Waals surface area (Å²) in [6.07, 6.45) is 0.776. The van der Waals surface area contributed by atoms with E-state index in [1.807, 2.05) is 6.92 Å². The molecule has 0 aliphatic heterocycles. The molecule has 2 atom stereocenters. The van der Waals surface area contributed by atoms with E-state index in [2.05, 4.69) is 19.2 Å². The number of amides is 1. The standard InChI is InChI=1S/C15H23FN2O/c1-10(2)8-13(9-17)15(19)18-11(3)12-4-6-14(16)7-5-12/h4-7,10-11,13H,8-9,17H2,1-3H3,(H,18,19)/t11-,13?/m0/s1. The molecular formula is C15H23FN2O. The van der Waals surface area contributed by atoms with Crippen LogP contribution in [0.2, 0.25) is 0 Å². The fourth-order valence-electron chi connectivity index (χ4n) is 2.05. The molecule has 0 radical (unpaired) electrons. The smallest absolute Gasteiger partial charge is 0.224 e. The fourth-order valence-corrected chi connectivity index (χ4v) is 2.05. The van der Waals surface area contributed by atoms with E-state index in [0.29, 0.717) is 12.5 Å². The molecule has 0 fully saturated rings. The summed E-state index contributed by atoms with van der Waals surface area (Å²) in [5.41, 5.74) is 6.53. The van der Waals surface area contributed by atoms with Gasteiger partial charge < -0.3 is 11.1 Å². The summed E-state index contributed by atoms with van der Waals surface area (Å²) in [6, 6.07) is 6.01. The molecule has 0 saturated carbocycles. The lowest BCUT2D eigenvalue weighted by Gasteiger charge is -2.20. The van der Waals surface area contributed by atoms with Gasteiger partial charge in [0.15, 0.2) is 0 Å². The Labute approximate surface area is 114 Å². The van der Waals surface area contributed by atoms with Crippen molar-refractivity contribution in [1.29, 1.82) is 0 Å². The van der Waals surface area contributed by atoms with Crippen molar-refractivity contribution in [2.24, 2.45) is 17.6 Å². The van der Waals surface area contributed by atoms with Crippen molar-refractivity contribution in [3.05, 3.63) is 35.6 Å². The summed E-state index contributed by atoms with van der Waals surface area (Å²) in [4.78, 5) is 12.1. The number of hydrogen-bond acceptors (Lipinski definition) is 2. The van der Waals surface area contributed by atoms with Crippen LogP contribution in [0.1, 0.15) is 38.8 Å². The molecule has 1 aromatic carbocycles. The molecule has 0 aromatic heterocycles. The first kappa shape index (κ1) is 15.6. The van der Waals surface area contributed by atoms with Crippen molar-refractivity contribution in [3.8, 4) is 0 Å². The van der Waals surface area contributed by atoms with Gasteiger partial charge in [-0.15, -0.1) is 0 Å². The lowest BCUT2D eigenvalue weighted by Crippen LogP contribution is -2.37. The van der Waals surface area contributed by atoms with E-state index in [4.69, 9.17) is 5.73 Å². The Bertz CT molecular complexity index is 403. The molecule has 3 nitrogen and oxygen atoms in total. The third-order valence-corrected chi connectivity index (χ3v) is 3.14. The predicted octanol–water partition coefficient (Wildman–Crippen LogP) is 2.62. The largest absolute Gasteiger partial charge is 0.349 e. The number of rotatable bonds is 6. The minimum absolute atomic E-state index is 0.0342. The van der Waals surface area contributed by atoms with Crippen molar-refractivity contribution >= 4 is 5.91 Å². The van der Waals surface area contributed by atoms with Gasteiger partial charge in [-0.25, -0.2) is 4.39 Å². The maximum absolute atomic E-state index is 12.8. The van der Waals surface area contributed by atoms with Crippen molar-refractivity contribution in [2.45, 2.75) is 33.2 Å². The van der Waals surface area contributed by atoms with Crippen LogP contribution in [-0.2, 0) is 4.79 Å². The Kier molecular flexibility index (Phi) is 5.96. The van der Waals surface area contributed by atoms with E-state index < -0.39 is 0 Å². The highest BCUT2D eigenvalue weighted by Gasteiger charge is 2.20. The molecule has 1 amide bonds. The average Bonchev–Trinajstić information content (AvgIpc) is 2.36. The van der Waals surface area contributed by atoms with E-state index in [9.17, 15) is 9.18 Å². The molecule has 1 aromatic rings. The van der Waals surface area contributed by atoms with Gasteiger partial charge in [-0.2, -0.15) is 0 Å². The minimum Gasteiger partial charge on any atom is -0.349 e. The van der Waals surface area contributed by atoms with Crippen molar-refractivity contribution in [1.82, 2.24) is 5.32 Å². The van der Waals surface area contributed by atoms with Crippen LogP contribution in [0.25, 0.3) is 0 Å². The third kappa shape index (κ3) is 4.99. The van der Waals surface area contributed by atoms with Gasteiger partial charge >= 0.3 is 0 Å². The summed E-state index contributed by atoms with van der Waals surface area (Å²) in [7, 11) is 0. The van der Waals surface area contributed by atoms with Crippen molar-refractivity contribution < 1.29 is 9.18 Å². The number of carbonyl (C=O) groups is 1. The highest BCUT2D eigenvalue weighted by molar-refractivity contribution is 5.79. The molecule has 0 heterocycles. The van der Waals surface area contributed by atoms with Crippen LogP contribution in [0.3, 0.4) is 0 Å². The Morgan fingerprint density at radius 2 is 1.84 bits per heavy atom. The molecule has 0 spiro atoms. The zero-order valence-corrected chi connectivity index (χ0v) is 11.8. The zero-order valence-electron chi connectivity index (χ0n) is 11.8. The van der Waals surface area contributed by atoms with Crippen LogP contribution < -0.4 is 11.1 Å². The van der Waals surface area contributed by atoms with Gasteiger partial charge in [-0.1, -0.05) is 26.0 Å². The SMILES string of the molecule is CC(C)CC(CN)C(=O)N[C@@H](C)c1ccc(F)cc1. The van der Waals surface area contributed by atoms with Crippen LogP contribution in [0.15, 0.2) is 24.3 Å². The molecule has 19 heavy (non-hydrogen) atoms. The third-order valence-electron chi connectivity index (χ3n) is 3.14. The molecule has 0 aliphatic carbocycles. The van der Waals surface area contributed by atoms with Gasteiger partial charge in [0.2, 0.25) is 5.91 Å². The van der Waals surface area contributed by atoms with Crippen LogP contribution >= 0.6 is 0 Å². The minimum atomic E-state index is -0.276. The molecule has 3 N–H and O–H groups in total. The van der Waals surface area contributed by atoms with Crippen LogP contribution in [0.4, 0.5) is 4.39 Å². The molecule has 4 heteroatoms. The average molecular weight is 266 g/mol. The summed E-state index contributed by atoms with van der Waals surface area (Å²) >= 11 is 0. The monoisotopic (exact) mass is 266 g/mol. The molecule has 1 unspecified atom stereocenters. The quantitative estimate of drug-likeness (QED) is 0.831. The molecule has 0 bridgehead atoms. The van der Waals surface area contributed by atoms with Crippen molar-refractivity contribution in [2.75, 3.05) is 6.54 Å². The van der Waals surface area contributed by atoms with Gasteiger partial charge in [0.05, 0.1) is 12.0 Å². The van der Waals surface area contributed by atoms with Gasteiger partial charge in [0, 0.05) is 6.54 Å². The van der Waals surface area contributed by atoms with Gasteiger partial charge in [-0.05, 0) is 37.0 Å². The molecular weight excluding hydrogens is 243 g/mol. The van der Waals surface area contributed by atoms with E-state index in [-0.39, 0.29) is 23.7 Å². The fraction of sp³-hybridized carbons (Fsp3) is 0.533. The van der Waals surface area contributed by atoms with Crippen molar-refractivity contribution in [3.63, 3.8) is 0 Å². The highest BCUT2D eigenvalue weighted by atomic mass is 19.1. The number of halogens is 1. The van der Waals surface area contributed by atoms with Gasteiger partial charge in [0.25, 0.3) is 0 Å². The predicted molar refractivity (Wildman–Crippen MR) is 75.0 cm³/mol. The topological polar surface area (TPSA) is 55.1 Å². The number of carbonyl (C=O) groups excluding carboxylic acids is 1. The lowest BCUT2D eigenvalue weighted by atomic mass is 9.96. The zero-order chi connectivity index (χ0) is 14.4. The first-order valence-corrected chi connectivity index (χ1v) is 6.70. The Morgan fingerprint density at radius 3 is 2.32 bits per heavy atom. The summed E-state index contributed by atoms with van der Waals surface area (Å²) in [6.45, 7) is 6.37. The lowest BCUT2D eigenvalue weighted by molar-refractivity contribution is -0.125. The van der Waals surface area contributed by atoms with E-state index in [1.165, 1.54) is 12.1 Å².